The fourth-order valence-electron chi connectivity index (χ4n) is 4.42. The lowest BCUT2D eigenvalue weighted by molar-refractivity contribution is 0.0839. The van der Waals surface area contributed by atoms with Gasteiger partial charge >= 0.3 is 0 Å². The largest absolute Gasteiger partial charge is 0.411 e. The predicted molar refractivity (Wildman–Crippen MR) is 118 cm³/mol. The van der Waals surface area contributed by atoms with Crippen molar-refractivity contribution in [2.45, 2.75) is 42.2 Å². The fraction of sp³-hybridized carbons (Fsp3) is 0.417. The summed E-state index contributed by atoms with van der Waals surface area (Å²) < 4.78 is 13.1. The summed E-state index contributed by atoms with van der Waals surface area (Å²) in [6, 6.07) is 14.0. The Balaban J connectivity index is 1.22. The van der Waals surface area contributed by atoms with Crippen LogP contribution in [-0.4, -0.2) is 46.5 Å². The summed E-state index contributed by atoms with van der Waals surface area (Å²) in [5.41, 5.74) is 2.45. The van der Waals surface area contributed by atoms with Crippen LogP contribution in [0.15, 0.2) is 58.6 Å². The minimum atomic E-state index is -0.307. The molecule has 2 aliphatic rings. The van der Waals surface area contributed by atoms with Crippen molar-refractivity contribution in [3.8, 4) is 0 Å². The summed E-state index contributed by atoms with van der Waals surface area (Å²) in [5.74, 6) is -0.124. The number of benzene rings is 2. The van der Waals surface area contributed by atoms with Gasteiger partial charge in [-0.05, 0) is 75.6 Å². The first-order chi connectivity index (χ1) is 14.6. The lowest BCUT2D eigenvalue weighted by atomic mass is 9.89. The molecule has 2 aromatic rings. The van der Waals surface area contributed by atoms with Gasteiger partial charge in [-0.1, -0.05) is 23.4 Å². The molecule has 0 aromatic heterocycles. The summed E-state index contributed by atoms with van der Waals surface area (Å²) in [6.45, 7) is 2.89. The van der Waals surface area contributed by atoms with E-state index < -0.39 is 0 Å². The number of thioether (sulfide) groups is 1. The number of ketones is 1. The highest BCUT2D eigenvalue weighted by Crippen LogP contribution is 2.37. The molecule has 6 heteroatoms. The smallest absolute Gasteiger partial charge is 0.166 e. The summed E-state index contributed by atoms with van der Waals surface area (Å²) in [7, 11) is 0. The fourth-order valence-corrected chi connectivity index (χ4v) is 5.78. The first-order valence-corrected chi connectivity index (χ1v) is 11.5. The van der Waals surface area contributed by atoms with Crippen LogP contribution in [0.25, 0.3) is 0 Å². The first kappa shape index (κ1) is 21.1. The van der Waals surface area contributed by atoms with Crippen molar-refractivity contribution in [1.82, 2.24) is 4.90 Å². The maximum atomic E-state index is 13.1. The van der Waals surface area contributed by atoms with E-state index in [1.165, 1.54) is 17.0 Å². The Bertz CT molecular complexity index is 908. The zero-order valence-corrected chi connectivity index (χ0v) is 17.8. The van der Waals surface area contributed by atoms with Crippen LogP contribution in [0.1, 0.15) is 48.0 Å². The number of oxime groups is 1. The van der Waals surface area contributed by atoms with Gasteiger partial charge in [0.05, 0.1) is 5.71 Å². The Morgan fingerprint density at radius 1 is 1.13 bits per heavy atom. The van der Waals surface area contributed by atoms with E-state index in [-0.39, 0.29) is 17.5 Å². The number of nitrogens with zero attached hydrogens (tertiary/aromatic N) is 2. The second kappa shape index (κ2) is 9.75. The number of carbonyl (C=O) groups is 1. The second-order valence-corrected chi connectivity index (χ2v) is 9.46. The molecule has 4 nitrogen and oxygen atoms in total. The van der Waals surface area contributed by atoms with Crippen molar-refractivity contribution in [1.29, 1.82) is 0 Å². The Kier molecular flexibility index (Phi) is 6.85. The van der Waals surface area contributed by atoms with Gasteiger partial charge in [-0.25, -0.2) is 4.39 Å². The summed E-state index contributed by atoms with van der Waals surface area (Å²) in [4.78, 5) is 16.3. The number of hydrogen-bond donors (Lipinski definition) is 1. The van der Waals surface area contributed by atoms with Crippen molar-refractivity contribution < 1.29 is 14.4 Å². The molecule has 0 radical (unpaired) electrons. The van der Waals surface area contributed by atoms with Gasteiger partial charge in [-0.15, -0.1) is 11.8 Å². The van der Waals surface area contributed by atoms with E-state index in [0.29, 0.717) is 10.8 Å². The number of likely N-dealkylation sites (tertiary alicyclic amines) is 1. The topological polar surface area (TPSA) is 52.9 Å². The number of Topliss-reactive ketones (excluding diaryl/α,β-unsaturated/α-hetero) is 1. The Labute approximate surface area is 181 Å². The van der Waals surface area contributed by atoms with E-state index in [1.54, 1.807) is 12.1 Å². The first-order valence-electron chi connectivity index (χ1n) is 10.6. The van der Waals surface area contributed by atoms with E-state index in [9.17, 15) is 14.4 Å². The third-order valence-electron chi connectivity index (χ3n) is 6.12. The lowest BCUT2D eigenvalue weighted by Crippen LogP contribution is -2.37. The third-order valence-corrected chi connectivity index (χ3v) is 7.47. The maximum Gasteiger partial charge on any atom is 0.166 e. The van der Waals surface area contributed by atoms with Crippen LogP contribution in [0, 0.1) is 11.7 Å². The maximum absolute atomic E-state index is 13.1. The molecule has 1 atom stereocenters. The van der Waals surface area contributed by atoms with Gasteiger partial charge in [-0.2, -0.15) is 0 Å². The van der Waals surface area contributed by atoms with Gasteiger partial charge in [-0.3, -0.25) is 4.79 Å². The van der Waals surface area contributed by atoms with Crippen LogP contribution in [0.5, 0.6) is 0 Å². The molecule has 1 N–H and O–H groups in total. The molecule has 2 aromatic carbocycles. The molecular weight excluding hydrogens is 399 g/mol. The summed E-state index contributed by atoms with van der Waals surface area (Å²) >= 11 is 1.88. The van der Waals surface area contributed by atoms with Crippen LogP contribution < -0.4 is 0 Å². The minimum absolute atomic E-state index is 0.0421. The molecule has 1 saturated heterocycles. The molecule has 30 heavy (non-hydrogen) atoms. The van der Waals surface area contributed by atoms with E-state index in [4.69, 9.17) is 0 Å². The number of halogens is 1. The van der Waals surface area contributed by atoms with Gasteiger partial charge in [0.25, 0.3) is 0 Å². The van der Waals surface area contributed by atoms with E-state index >= 15 is 0 Å². The molecule has 2 aliphatic heterocycles. The molecule has 1 unspecified atom stereocenters. The van der Waals surface area contributed by atoms with Crippen molar-refractivity contribution >= 4 is 23.3 Å². The number of hydrogen-bond acceptors (Lipinski definition) is 5. The predicted octanol–water partition coefficient (Wildman–Crippen LogP) is 5.24. The highest BCUT2D eigenvalue weighted by Gasteiger charge is 2.27. The normalized spacial score (nSPS) is 21.5. The van der Waals surface area contributed by atoms with Crippen LogP contribution in [0.3, 0.4) is 0 Å². The zero-order valence-electron chi connectivity index (χ0n) is 17.0. The lowest BCUT2D eigenvalue weighted by Gasteiger charge is -2.32. The number of rotatable bonds is 6. The van der Waals surface area contributed by atoms with Crippen molar-refractivity contribution in [3.63, 3.8) is 0 Å². The monoisotopic (exact) mass is 426 g/mol. The second-order valence-electron chi connectivity index (χ2n) is 8.12. The van der Waals surface area contributed by atoms with Crippen LogP contribution in [-0.2, 0) is 0 Å². The van der Waals surface area contributed by atoms with Crippen LogP contribution >= 0.6 is 11.8 Å². The minimum Gasteiger partial charge on any atom is -0.411 e. The van der Waals surface area contributed by atoms with Crippen molar-refractivity contribution in [2.24, 2.45) is 11.1 Å². The highest BCUT2D eigenvalue weighted by atomic mass is 32.2. The van der Waals surface area contributed by atoms with E-state index in [2.05, 4.69) is 16.1 Å². The summed E-state index contributed by atoms with van der Waals surface area (Å²) in [5, 5.41) is 13.3. The molecule has 1 fully saturated rings. The van der Waals surface area contributed by atoms with Crippen LogP contribution in [0.2, 0.25) is 0 Å². The molecule has 0 saturated carbocycles. The molecule has 0 bridgehead atoms. The van der Waals surface area contributed by atoms with Crippen LogP contribution in [0.4, 0.5) is 4.39 Å². The number of piperidine rings is 1. The SMILES string of the molecule is O=C(c1ccc(F)cc1)C1CCN(CCCC2C/C(=N/O)c3ccccc3S2)CC1. The van der Waals surface area contributed by atoms with E-state index in [0.717, 1.165) is 63.0 Å². The zero-order chi connectivity index (χ0) is 20.9. The molecule has 0 aliphatic carbocycles. The highest BCUT2D eigenvalue weighted by molar-refractivity contribution is 8.00. The van der Waals surface area contributed by atoms with Gasteiger partial charge < -0.3 is 10.1 Å². The third kappa shape index (κ3) is 4.93. The molecule has 158 valence electrons. The average Bonchev–Trinajstić information content (AvgIpc) is 2.79. The Hall–Kier alpha value is -2.18. The molecular formula is C24H27FN2O2S. The summed E-state index contributed by atoms with van der Waals surface area (Å²) in [6.07, 6.45) is 4.69. The van der Waals surface area contributed by atoms with Gasteiger partial charge in [0.1, 0.15) is 5.82 Å². The van der Waals surface area contributed by atoms with Crippen molar-refractivity contribution in [2.75, 3.05) is 19.6 Å². The number of fused-ring (bicyclic) bond motifs is 1. The Morgan fingerprint density at radius 2 is 1.87 bits per heavy atom. The molecule has 4 rings (SSSR count). The van der Waals surface area contributed by atoms with Gasteiger partial charge in [0.2, 0.25) is 0 Å². The Morgan fingerprint density at radius 3 is 2.60 bits per heavy atom. The van der Waals surface area contributed by atoms with E-state index in [1.807, 2.05) is 30.0 Å². The average molecular weight is 427 g/mol. The molecule has 0 spiro atoms. The number of carbonyl (C=O) groups excluding carboxylic acids is 1. The molecule has 0 amide bonds. The van der Waals surface area contributed by atoms with Gasteiger partial charge in [0.15, 0.2) is 5.78 Å². The molecule has 2 heterocycles. The quantitative estimate of drug-likeness (QED) is 0.390. The van der Waals surface area contributed by atoms with Gasteiger partial charge in [0, 0.05) is 33.6 Å². The standard InChI is InChI=1S/C24H27FN2O2S/c25-19-9-7-17(8-10-19)24(28)18-11-14-27(15-12-18)13-3-4-20-16-22(26-29)21-5-1-2-6-23(21)30-20/h1-2,5-10,18,20,29H,3-4,11-16H2/b26-22-. The van der Waals surface area contributed by atoms with Crippen molar-refractivity contribution in [3.05, 3.63) is 65.5 Å².